The molecule has 11 heteroatoms. The van der Waals surface area contributed by atoms with Gasteiger partial charge in [-0.15, -0.1) is 0 Å². The molecule has 2 N–H and O–H groups in total. The number of esters is 1. The zero-order valence-corrected chi connectivity index (χ0v) is 22.1. The number of para-hydroxylation sites is 1. The predicted molar refractivity (Wildman–Crippen MR) is 144 cm³/mol. The predicted octanol–water partition coefficient (Wildman–Crippen LogP) is 4.98. The minimum Gasteiger partial charge on any atom is -0.495 e. The molecule has 4 rings (SSSR count). The molecule has 3 aromatic rings. The van der Waals surface area contributed by atoms with Gasteiger partial charge in [-0.3, -0.25) is 4.84 Å². The SMILES string of the molecule is COC(=O)c1ccc(O[N+]2(C(=O)Cc3ccc(NC(=O)Nc4ccccc4Cl)c(OC)c3)CCCC2=O)cc1. The number of anilines is 2. The summed E-state index contributed by atoms with van der Waals surface area (Å²) in [6.07, 6.45) is 0.588. The van der Waals surface area contributed by atoms with Gasteiger partial charge < -0.3 is 20.1 Å². The summed E-state index contributed by atoms with van der Waals surface area (Å²) < 4.78 is 9.33. The van der Waals surface area contributed by atoms with Crippen molar-refractivity contribution in [2.24, 2.45) is 0 Å². The fourth-order valence-electron chi connectivity index (χ4n) is 4.21. The van der Waals surface area contributed by atoms with Crippen molar-refractivity contribution in [1.29, 1.82) is 0 Å². The highest BCUT2D eigenvalue weighted by Crippen LogP contribution is 2.30. The van der Waals surface area contributed by atoms with Crippen LogP contribution in [0, 0.1) is 0 Å². The maximum atomic E-state index is 13.5. The molecule has 0 saturated carbocycles. The summed E-state index contributed by atoms with van der Waals surface area (Å²) in [6.45, 7) is 0.190. The zero-order chi connectivity index (χ0) is 28.0. The summed E-state index contributed by atoms with van der Waals surface area (Å²) in [7, 11) is 2.72. The summed E-state index contributed by atoms with van der Waals surface area (Å²) >= 11 is 6.10. The van der Waals surface area contributed by atoms with E-state index in [1.165, 1.54) is 38.5 Å². The van der Waals surface area contributed by atoms with E-state index in [2.05, 4.69) is 10.6 Å². The van der Waals surface area contributed by atoms with Crippen molar-refractivity contribution >= 4 is 46.8 Å². The van der Waals surface area contributed by atoms with E-state index < -0.39 is 22.6 Å². The molecular weight excluding hydrogens is 526 g/mol. The van der Waals surface area contributed by atoms with E-state index in [4.69, 9.17) is 25.9 Å². The molecule has 4 amide bonds. The first-order chi connectivity index (χ1) is 18.8. The van der Waals surface area contributed by atoms with Gasteiger partial charge in [-0.2, -0.15) is 0 Å². The number of halogens is 1. The molecular formula is C28H27ClN3O7+. The number of hydrogen-bond acceptors (Lipinski definition) is 7. The van der Waals surface area contributed by atoms with Crippen LogP contribution in [-0.2, 0) is 20.7 Å². The lowest BCUT2D eigenvalue weighted by Crippen LogP contribution is -2.57. The van der Waals surface area contributed by atoms with Crippen LogP contribution in [0.15, 0.2) is 66.7 Å². The lowest BCUT2D eigenvalue weighted by Gasteiger charge is -2.26. The third kappa shape index (κ3) is 6.19. The van der Waals surface area contributed by atoms with Crippen LogP contribution < -0.4 is 20.2 Å². The first kappa shape index (κ1) is 27.6. The second-order valence-electron chi connectivity index (χ2n) is 8.73. The molecule has 1 unspecified atom stereocenters. The first-order valence-electron chi connectivity index (χ1n) is 12.1. The van der Waals surface area contributed by atoms with Gasteiger partial charge >= 0.3 is 23.8 Å². The lowest BCUT2D eigenvalue weighted by atomic mass is 10.1. The molecule has 0 radical (unpaired) electrons. The monoisotopic (exact) mass is 552 g/mol. The van der Waals surface area contributed by atoms with Crippen LogP contribution in [0.3, 0.4) is 0 Å². The summed E-state index contributed by atoms with van der Waals surface area (Å²) in [4.78, 5) is 56.5. The minimum atomic E-state index is -0.792. The van der Waals surface area contributed by atoms with Crippen molar-refractivity contribution in [1.82, 2.24) is 0 Å². The van der Waals surface area contributed by atoms with Crippen molar-refractivity contribution in [3.63, 3.8) is 0 Å². The van der Waals surface area contributed by atoms with Crippen molar-refractivity contribution in [3.05, 3.63) is 82.9 Å². The van der Waals surface area contributed by atoms with Crippen LogP contribution >= 0.6 is 11.6 Å². The number of ether oxygens (including phenoxy) is 2. The van der Waals surface area contributed by atoms with E-state index in [1.807, 2.05) is 0 Å². The minimum absolute atomic E-state index is 0.117. The second-order valence-corrected chi connectivity index (χ2v) is 9.14. The van der Waals surface area contributed by atoms with Gasteiger partial charge in [0.15, 0.2) is 5.75 Å². The number of hydroxylamine groups is 3. The average Bonchev–Trinajstić information content (AvgIpc) is 3.31. The molecule has 202 valence electrons. The van der Waals surface area contributed by atoms with Gasteiger partial charge in [0.05, 0.1) is 49.0 Å². The fraction of sp³-hybridized carbons (Fsp3) is 0.214. The Morgan fingerprint density at radius 1 is 0.949 bits per heavy atom. The Balaban J connectivity index is 1.49. The number of hydrogen-bond donors (Lipinski definition) is 2. The highest BCUT2D eigenvalue weighted by Gasteiger charge is 2.52. The quantitative estimate of drug-likeness (QED) is 0.299. The molecule has 3 aromatic carbocycles. The summed E-state index contributed by atoms with van der Waals surface area (Å²) in [5, 5.41) is 5.76. The number of benzene rings is 3. The lowest BCUT2D eigenvalue weighted by molar-refractivity contribution is -0.942. The Morgan fingerprint density at radius 3 is 2.31 bits per heavy atom. The molecule has 1 aliphatic heterocycles. The zero-order valence-electron chi connectivity index (χ0n) is 21.4. The number of carbonyl (C=O) groups is 4. The van der Waals surface area contributed by atoms with Crippen LogP contribution in [0.5, 0.6) is 11.5 Å². The Morgan fingerprint density at radius 2 is 1.67 bits per heavy atom. The van der Waals surface area contributed by atoms with Gasteiger partial charge in [0.1, 0.15) is 12.3 Å². The van der Waals surface area contributed by atoms with Crippen LogP contribution in [0.4, 0.5) is 16.2 Å². The molecule has 0 aliphatic carbocycles. The summed E-state index contributed by atoms with van der Waals surface area (Å²) in [6, 6.07) is 17.2. The number of amides is 4. The fourth-order valence-corrected chi connectivity index (χ4v) is 4.39. The van der Waals surface area contributed by atoms with Gasteiger partial charge in [-0.25, -0.2) is 19.2 Å². The second kappa shape index (κ2) is 12.0. The number of nitrogens with one attached hydrogen (secondary N) is 2. The van der Waals surface area contributed by atoms with E-state index in [0.717, 1.165) is 0 Å². The summed E-state index contributed by atoms with van der Waals surface area (Å²) in [5.41, 5.74) is 1.70. The van der Waals surface area contributed by atoms with Crippen LogP contribution in [0.1, 0.15) is 28.8 Å². The molecule has 0 bridgehead atoms. The highest BCUT2D eigenvalue weighted by molar-refractivity contribution is 6.33. The van der Waals surface area contributed by atoms with Crippen molar-refractivity contribution in [3.8, 4) is 11.5 Å². The maximum Gasteiger partial charge on any atom is 0.366 e. The van der Waals surface area contributed by atoms with Crippen LogP contribution in [0.25, 0.3) is 0 Å². The van der Waals surface area contributed by atoms with Gasteiger partial charge in [-0.1, -0.05) is 29.8 Å². The average molecular weight is 553 g/mol. The van der Waals surface area contributed by atoms with E-state index in [-0.39, 0.29) is 31.0 Å². The Bertz CT molecular complexity index is 1410. The molecule has 1 saturated heterocycles. The summed E-state index contributed by atoms with van der Waals surface area (Å²) in [5.74, 6) is -0.708. The third-order valence-corrected chi connectivity index (χ3v) is 6.53. The smallest absolute Gasteiger partial charge is 0.366 e. The highest BCUT2D eigenvalue weighted by atomic mass is 35.5. The molecule has 1 heterocycles. The van der Waals surface area contributed by atoms with E-state index in [9.17, 15) is 19.2 Å². The van der Waals surface area contributed by atoms with Gasteiger partial charge in [0.25, 0.3) is 0 Å². The largest absolute Gasteiger partial charge is 0.495 e. The molecule has 1 atom stereocenters. The number of nitrogens with zero attached hydrogens (tertiary/aromatic N) is 1. The van der Waals surface area contributed by atoms with Crippen LogP contribution in [0.2, 0.25) is 5.02 Å². The molecule has 39 heavy (non-hydrogen) atoms. The third-order valence-electron chi connectivity index (χ3n) is 6.20. The Labute approximate surface area is 230 Å². The van der Waals surface area contributed by atoms with Crippen molar-refractivity contribution < 1.29 is 38.1 Å². The van der Waals surface area contributed by atoms with Crippen LogP contribution in [-0.4, -0.2) is 49.2 Å². The van der Waals surface area contributed by atoms with E-state index in [1.54, 1.807) is 42.5 Å². The number of imide groups is 1. The standard InChI is InChI=1S/C28H26ClN3O7/c1-37-24-16-18(9-14-23(24)31-28(36)30-22-7-4-3-6-21(22)29)17-26(34)32(15-5-8-25(32)33)39-20-12-10-19(11-13-20)27(35)38-2/h3-4,6-7,9-14,16H,5,8,15,17H2,1-2H3,(H-,30,31,36)/p+1. The van der Waals surface area contributed by atoms with E-state index in [0.29, 0.717) is 39.7 Å². The number of methoxy groups -OCH3 is 2. The Hall–Kier alpha value is -4.41. The number of likely N-dealkylation sites (tertiary alicyclic amines) is 1. The number of carbonyl (C=O) groups excluding carboxylic acids is 4. The topological polar surface area (TPSA) is 120 Å². The Kier molecular flexibility index (Phi) is 8.48. The van der Waals surface area contributed by atoms with Gasteiger partial charge in [-0.05, 0) is 58.7 Å². The van der Waals surface area contributed by atoms with Crippen molar-refractivity contribution in [2.45, 2.75) is 19.3 Å². The van der Waals surface area contributed by atoms with Crippen molar-refractivity contribution in [2.75, 3.05) is 31.4 Å². The molecule has 0 spiro atoms. The number of quaternary nitrogens is 1. The van der Waals surface area contributed by atoms with E-state index >= 15 is 0 Å². The normalized spacial score (nSPS) is 16.3. The molecule has 0 aromatic heterocycles. The van der Waals surface area contributed by atoms with Gasteiger partial charge in [0, 0.05) is 6.42 Å². The number of urea groups is 1. The molecule has 1 aliphatic rings. The van der Waals surface area contributed by atoms with Gasteiger partial charge in [0.2, 0.25) is 0 Å². The number of rotatable bonds is 8. The molecule has 10 nitrogen and oxygen atoms in total. The first-order valence-corrected chi connectivity index (χ1v) is 12.5. The molecule has 1 fully saturated rings. The maximum absolute atomic E-state index is 13.5.